The fourth-order valence-corrected chi connectivity index (χ4v) is 2.84. The average molecular weight is 359 g/mol. The van der Waals surface area contributed by atoms with Gasteiger partial charge in [0.1, 0.15) is 5.69 Å². The standard InChI is InChI=1S/C16H14F5N3O/c17-15(18)3-5-24(6-4-15)12-8-11(22-9-25)7-10-1-2-13(16(19,20)21)23-14(10)12/h1-2,7-9H,3-6H2,(H,22,25). The third-order valence-corrected chi connectivity index (χ3v) is 4.12. The molecule has 1 fully saturated rings. The van der Waals surface area contributed by atoms with E-state index in [1.165, 1.54) is 18.2 Å². The maximum absolute atomic E-state index is 13.4. The maximum atomic E-state index is 13.4. The van der Waals surface area contributed by atoms with E-state index < -0.39 is 30.6 Å². The van der Waals surface area contributed by atoms with Gasteiger partial charge >= 0.3 is 6.18 Å². The summed E-state index contributed by atoms with van der Waals surface area (Å²) in [6.45, 7) is -0.0187. The monoisotopic (exact) mass is 359 g/mol. The van der Waals surface area contributed by atoms with Crippen molar-refractivity contribution in [1.82, 2.24) is 4.98 Å². The van der Waals surface area contributed by atoms with Crippen LogP contribution in [0.15, 0.2) is 24.3 Å². The number of rotatable bonds is 3. The summed E-state index contributed by atoms with van der Waals surface area (Å²) in [4.78, 5) is 15.9. The van der Waals surface area contributed by atoms with Gasteiger partial charge in [0.15, 0.2) is 0 Å². The van der Waals surface area contributed by atoms with Gasteiger partial charge in [0.05, 0.1) is 11.2 Å². The number of nitrogens with zero attached hydrogens (tertiary/aromatic N) is 2. The molecule has 1 aromatic carbocycles. The molecule has 1 aliphatic rings. The Morgan fingerprint density at radius 2 is 1.84 bits per heavy atom. The summed E-state index contributed by atoms with van der Waals surface area (Å²) in [5.41, 5.74) is -0.337. The number of carbonyl (C=O) groups excluding carboxylic acids is 1. The molecule has 0 atom stereocenters. The Morgan fingerprint density at radius 3 is 2.44 bits per heavy atom. The number of hydrogen-bond donors (Lipinski definition) is 1. The summed E-state index contributed by atoms with van der Waals surface area (Å²) < 4.78 is 65.6. The van der Waals surface area contributed by atoms with Crippen LogP contribution >= 0.6 is 0 Å². The van der Waals surface area contributed by atoms with Gasteiger partial charge in [-0.3, -0.25) is 4.79 Å². The second kappa shape index (κ2) is 6.12. The number of hydrogen-bond acceptors (Lipinski definition) is 3. The highest BCUT2D eigenvalue weighted by Crippen LogP contribution is 2.37. The predicted molar refractivity (Wildman–Crippen MR) is 82.8 cm³/mol. The molecule has 3 rings (SSSR count). The molecule has 0 radical (unpaired) electrons. The minimum absolute atomic E-state index is 0.00936. The van der Waals surface area contributed by atoms with E-state index in [2.05, 4.69) is 10.3 Å². The van der Waals surface area contributed by atoms with Crippen molar-refractivity contribution >= 4 is 28.7 Å². The molecule has 1 aliphatic heterocycles. The van der Waals surface area contributed by atoms with Crippen molar-refractivity contribution in [3.05, 3.63) is 30.0 Å². The molecule has 1 amide bonds. The van der Waals surface area contributed by atoms with Crippen LogP contribution in [0.4, 0.5) is 33.3 Å². The Hall–Kier alpha value is -2.45. The fraction of sp³-hybridized carbons (Fsp3) is 0.375. The minimum Gasteiger partial charge on any atom is -0.369 e. The molecule has 1 N–H and O–H groups in total. The number of halogens is 5. The molecule has 1 saturated heterocycles. The van der Waals surface area contributed by atoms with E-state index in [0.717, 1.165) is 6.07 Å². The summed E-state index contributed by atoms with van der Waals surface area (Å²) in [5, 5.41) is 2.82. The second-order valence-corrected chi connectivity index (χ2v) is 5.87. The molecular formula is C16H14F5N3O. The topological polar surface area (TPSA) is 45.2 Å². The van der Waals surface area contributed by atoms with E-state index in [1.807, 2.05) is 0 Å². The van der Waals surface area contributed by atoms with Gasteiger partial charge in [-0.1, -0.05) is 6.07 Å². The van der Waals surface area contributed by atoms with E-state index in [-0.39, 0.29) is 18.6 Å². The maximum Gasteiger partial charge on any atom is 0.433 e. The lowest BCUT2D eigenvalue weighted by atomic mass is 10.0. The molecule has 0 spiro atoms. The van der Waals surface area contributed by atoms with Gasteiger partial charge in [0.25, 0.3) is 5.92 Å². The summed E-state index contributed by atoms with van der Waals surface area (Å²) >= 11 is 0. The number of anilines is 2. The third-order valence-electron chi connectivity index (χ3n) is 4.12. The van der Waals surface area contributed by atoms with Crippen LogP contribution in [-0.4, -0.2) is 30.4 Å². The van der Waals surface area contributed by atoms with E-state index in [4.69, 9.17) is 0 Å². The molecular weight excluding hydrogens is 345 g/mol. The molecule has 25 heavy (non-hydrogen) atoms. The van der Waals surface area contributed by atoms with Gasteiger partial charge < -0.3 is 10.2 Å². The van der Waals surface area contributed by atoms with E-state index >= 15 is 0 Å². The zero-order valence-electron chi connectivity index (χ0n) is 12.9. The number of fused-ring (bicyclic) bond motifs is 1. The normalized spacial score (nSPS) is 17.6. The quantitative estimate of drug-likeness (QED) is 0.664. The Balaban J connectivity index is 2.10. The van der Waals surface area contributed by atoms with Gasteiger partial charge in [-0.15, -0.1) is 0 Å². The van der Waals surface area contributed by atoms with Crippen LogP contribution in [0, 0.1) is 0 Å². The van der Waals surface area contributed by atoms with Crippen molar-refractivity contribution in [2.75, 3.05) is 23.3 Å². The van der Waals surface area contributed by atoms with Gasteiger partial charge in [0, 0.05) is 37.0 Å². The van der Waals surface area contributed by atoms with Crippen molar-refractivity contribution in [3.8, 4) is 0 Å². The predicted octanol–water partition coefficient (Wildman–Crippen LogP) is 4.06. The first-order valence-electron chi connectivity index (χ1n) is 7.55. The molecule has 2 heterocycles. The minimum atomic E-state index is -4.61. The van der Waals surface area contributed by atoms with Crippen molar-refractivity contribution in [2.45, 2.75) is 24.9 Å². The Labute approximate surface area is 139 Å². The fourth-order valence-electron chi connectivity index (χ4n) is 2.84. The number of alkyl halides is 5. The molecule has 1 aromatic heterocycles. The van der Waals surface area contributed by atoms with Gasteiger partial charge in [-0.2, -0.15) is 13.2 Å². The number of aromatic nitrogens is 1. The smallest absolute Gasteiger partial charge is 0.369 e. The molecule has 0 bridgehead atoms. The molecule has 0 saturated carbocycles. The third kappa shape index (κ3) is 3.64. The van der Waals surface area contributed by atoms with E-state index in [1.54, 1.807) is 4.90 Å². The van der Waals surface area contributed by atoms with Crippen LogP contribution in [0.25, 0.3) is 10.9 Å². The highest BCUT2D eigenvalue weighted by Gasteiger charge is 2.36. The zero-order valence-corrected chi connectivity index (χ0v) is 12.9. The van der Waals surface area contributed by atoms with Crippen LogP contribution in [0.3, 0.4) is 0 Å². The van der Waals surface area contributed by atoms with Gasteiger partial charge in [0.2, 0.25) is 6.41 Å². The summed E-state index contributed by atoms with van der Waals surface area (Å²) in [6, 6.07) is 5.04. The van der Waals surface area contributed by atoms with Crippen LogP contribution in [0.1, 0.15) is 18.5 Å². The van der Waals surface area contributed by atoms with Gasteiger partial charge in [-0.05, 0) is 18.2 Å². The van der Waals surface area contributed by atoms with Crippen molar-refractivity contribution in [3.63, 3.8) is 0 Å². The number of benzene rings is 1. The Bertz CT molecular complexity index is 796. The first-order valence-corrected chi connectivity index (χ1v) is 7.55. The summed E-state index contributed by atoms with van der Waals surface area (Å²) in [7, 11) is 0. The van der Waals surface area contributed by atoms with Crippen molar-refractivity contribution < 1.29 is 26.7 Å². The summed E-state index contributed by atoms with van der Waals surface area (Å²) in [6.07, 6.45) is -4.95. The number of amides is 1. The number of piperidine rings is 1. The molecule has 0 aliphatic carbocycles. The van der Waals surface area contributed by atoms with Gasteiger partial charge in [-0.25, -0.2) is 13.8 Å². The van der Waals surface area contributed by atoms with Crippen molar-refractivity contribution in [1.29, 1.82) is 0 Å². The first-order chi connectivity index (χ1) is 11.7. The Morgan fingerprint density at radius 1 is 1.16 bits per heavy atom. The lowest BCUT2D eigenvalue weighted by Gasteiger charge is -2.34. The van der Waals surface area contributed by atoms with Crippen LogP contribution in [-0.2, 0) is 11.0 Å². The molecule has 4 nitrogen and oxygen atoms in total. The molecule has 9 heteroatoms. The molecule has 0 unspecified atom stereocenters. The lowest BCUT2D eigenvalue weighted by Crippen LogP contribution is -2.39. The highest BCUT2D eigenvalue weighted by atomic mass is 19.4. The van der Waals surface area contributed by atoms with Crippen LogP contribution in [0.5, 0.6) is 0 Å². The van der Waals surface area contributed by atoms with Crippen LogP contribution < -0.4 is 10.2 Å². The summed E-state index contributed by atoms with van der Waals surface area (Å²) in [5.74, 6) is -2.78. The van der Waals surface area contributed by atoms with Crippen LogP contribution in [0.2, 0.25) is 0 Å². The van der Waals surface area contributed by atoms with E-state index in [9.17, 15) is 26.7 Å². The zero-order chi connectivity index (χ0) is 18.2. The highest BCUT2D eigenvalue weighted by molar-refractivity contribution is 5.95. The number of carbonyl (C=O) groups is 1. The van der Waals surface area contributed by atoms with E-state index in [0.29, 0.717) is 23.2 Å². The second-order valence-electron chi connectivity index (χ2n) is 5.87. The SMILES string of the molecule is O=CNc1cc(N2CCC(F)(F)CC2)c2nc(C(F)(F)F)ccc2c1. The largest absolute Gasteiger partial charge is 0.433 e. The van der Waals surface area contributed by atoms with Crippen molar-refractivity contribution in [2.24, 2.45) is 0 Å². The molecule has 134 valence electrons. The number of pyridine rings is 1. The lowest BCUT2D eigenvalue weighted by molar-refractivity contribution is -0.140. The molecule has 2 aromatic rings. The number of nitrogens with one attached hydrogen (secondary N) is 1. The average Bonchev–Trinajstić information content (AvgIpc) is 2.53. The Kier molecular flexibility index (Phi) is 4.26. The first kappa shape index (κ1) is 17.4.